The Morgan fingerprint density at radius 1 is 1.19 bits per heavy atom. The summed E-state index contributed by atoms with van der Waals surface area (Å²) in [5.74, 6) is -1.47. The van der Waals surface area contributed by atoms with Gasteiger partial charge in [0.25, 0.3) is 0 Å². The zero-order valence-electron chi connectivity index (χ0n) is 15.1. The molecule has 3 amide bonds. The van der Waals surface area contributed by atoms with Crippen LogP contribution in [0.1, 0.15) is 13.3 Å². The van der Waals surface area contributed by atoms with Gasteiger partial charge in [-0.2, -0.15) is 0 Å². The third-order valence-corrected chi connectivity index (χ3v) is 5.13. The first-order chi connectivity index (χ1) is 12.9. The lowest BCUT2D eigenvalue weighted by molar-refractivity contribution is -0.129. The summed E-state index contributed by atoms with van der Waals surface area (Å²) in [6, 6.07) is 14.5. The van der Waals surface area contributed by atoms with Crippen molar-refractivity contribution in [2.45, 2.75) is 13.3 Å². The predicted octanol–water partition coefficient (Wildman–Crippen LogP) is 3.42. The third-order valence-electron chi connectivity index (χ3n) is 4.64. The lowest BCUT2D eigenvalue weighted by atomic mass is 10.1. The Labute approximate surface area is 166 Å². The molecule has 1 fully saturated rings. The molecule has 1 atom stereocenters. The minimum absolute atomic E-state index is 0.144. The summed E-state index contributed by atoms with van der Waals surface area (Å²) in [7, 11) is 1.64. The van der Waals surface area contributed by atoms with Gasteiger partial charge >= 0.3 is 0 Å². The Bertz CT molecular complexity index is 900. The van der Waals surface area contributed by atoms with Crippen LogP contribution in [0.5, 0.6) is 0 Å². The molecule has 3 rings (SSSR count). The molecule has 0 aromatic heterocycles. The minimum atomic E-state index is -0.750. The fourth-order valence-corrected chi connectivity index (χ4v) is 3.47. The molecule has 1 aliphatic heterocycles. The second-order valence-corrected chi connectivity index (χ2v) is 7.31. The number of nitrogens with zero attached hydrogens (tertiary/aromatic N) is 2. The van der Waals surface area contributed by atoms with Crippen molar-refractivity contribution in [2.75, 3.05) is 28.7 Å². The number of amides is 3. The van der Waals surface area contributed by atoms with Crippen LogP contribution in [0.15, 0.2) is 53.0 Å². The average Bonchev–Trinajstić information content (AvgIpc) is 3.03. The number of hydrogen-bond donors (Lipinski definition) is 1. The maximum atomic E-state index is 12.8. The number of rotatable bonds is 4. The van der Waals surface area contributed by atoms with Gasteiger partial charge < -0.3 is 15.1 Å². The van der Waals surface area contributed by atoms with Crippen molar-refractivity contribution in [3.63, 3.8) is 0 Å². The van der Waals surface area contributed by atoms with E-state index in [4.69, 9.17) is 0 Å². The van der Waals surface area contributed by atoms with Gasteiger partial charge in [-0.25, -0.2) is 0 Å². The topological polar surface area (TPSA) is 69.7 Å². The number of hydrogen-bond acceptors (Lipinski definition) is 3. The Morgan fingerprint density at radius 3 is 2.63 bits per heavy atom. The number of para-hydroxylation sites is 2. The van der Waals surface area contributed by atoms with Crippen LogP contribution < -0.4 is 15.1 Å². The first-order valence-electron chi connectivity index (χ1n) is 8.59. The Balaban J connectivity index is 1.76. The number of anilines is 3. The van der Waals surface area contributed by atoms with E-state index in [1.54, 1.807) is 36.2 Å². The van der Waals surface area contributed by atoms with Crippen LogP contribution in [0.2, 0.25) is 0 Å². The van der Waals surface area contributed by atoms with Crippen LogP contribution in [0.4, 0.5) is 17.1 Å². The van der Waals surface area contributed by atoms with Crippen molar-refractivity contribution in [1.82, 2.24) is 0 Å². The molecule has 0 spiro atoms. The smallest absolute Gasteiger partial charge is 0.239 e. The van der Waals surface area contributed by atoms with Gasteiger partial charge in [0.05, 0.1) is 11.4 Å². The molecule has 2 aromatic carbocycles. The highest BCUT2D eigenvalue weighted by molar-refractivity contribution is 9.10. The van der Waals surface area contributed by atoms with E-state index in [1.165, 1.54) is 11.8 Å². The first-order valence-corrected chi connectivity index (χ1v) is 9.39. The molecule has 1 unspecified atom stereocenters. The summed E-state index contributed by atoms with van der Waals surface area (Å²) in [5, 5.41) is 2.81. The van der Waals surface area contributed by atoms with E-state index in [0.29, 0.717) is 24.3 Å². The molecule has 0 radical (unpaired) electrons. The number of carbonyl (C=O) groups excluding carboxylic acids is 3. The molecule has 0 aliphatic carbocycles. The van der Waals surface area contributed by atoms with Gasteiger partial charge in [-0.3, -0.25) is 14.4 Å². The molecule has 2 aromatic rings. The van der Waals surface area contributed by atoms with E-state index in [9.17, 15) is 14.4 Å². The maximum Gasteiger partial charge on any atom is 0.239 e. The lowest BCUT2D eigenvalue weighted by Gasteiger charge is -2.20. The molecular formula is C20H20BrN3O3. The average molecular weight is 430 g/mol. The summed E-state index contributed by atoms with van der Waals surface area (Å²) >= 11 is 3.40. The Kier molecular flexibility index (Phi) is 5.60. The summed E-state index contributed by atoms with van der Waals surface area (Å²) in [5.41, 5.74) is 1.86. The van der Waals surface area contributed by atoms with Crippen molar-refractivity contribution in [3.05, 3.63) is 53.0 Å². The van der Waals surface area contributed by atoms with Crippen molar-refractivity contribution in [3.8, 4) is 0 Å². The van der Waals surface area contributed by atoms with Crippen molar-refractivity contribution >= 4 is 50.7 Å². The molecule has 6 nitrogen and oxygen atoms in total. The molecule has 1 aliphatic rings. The van der Waals surface area contributed by atoms with Crippen LogP contribution in [0.25, 0.3) is 0 Å². The summed E-state index contributed by atoms with van der Waals surface area (Å²) in [6.07, 6.45) is 0.446. The van der Waals surface area contributed by atoms with Crippen molar-refractivity contribution in [2.24, 2.45) is 5.92 Å². The van der Waals surface area contributed by atoms with E-state index in [-0.39, 0.29) is 17.7 Å². The normalized spacial score (nSPS) is 16.3. The van der Waals surface area contributed by atoms with Crippen LogP contribution >= 0.6 is 15.9 Å². The molecule has 1 heterocycles. The number of halogens is 1. The lowest BCUT2D eigenvalue weighted by Crippen LogP contribution is -2.33. The van der Waals surface area contributed by atoms with Crippen LogP contribution in [-0.2, 0) is 14.4 Å². The number of nitrogens with one attached hydrogen (secondary N) is 1. The number of carbonyl (C=O) groups is 3. The zero-order valence-corrected chi connectivity index (χ0v) is 16.7. The maximum absolute atomic E-state index is 12.8. The molecule has 0 bridgehead atoms. The highest BCUT2D eigenvalue weighted by atomic mass is 79.9. The van der Waals surface area contributed by atoms with Gasteiger partial charge in [0.15, 0.2) is 0 Å². The first kappa shape index (κ1) is 19.1. The Morgan fingerprint density at radius 2 is 1.93 bits per heavy atom. The van der Waals surface area contributed by atoms with E-state index in [1.807, 2.05) is 24.3 Å². The summed E-state index contributed by atoms with van der Waals surface area (Å²) in [4.78, 5) is 40.3. The van der Waals surface area contributed by atoms with Crippen molar-refractivity contribution in [1.29, 1.82) is 0 Å². The fourth-order valence-electron chi connectivity index (χ4n) is 3.08. The summed E-state index contributed by atoms with van der Waals surface area (Å²) in [6.45, 7) is 1.94. The molecule has 140 valence electrons. The molecule has 7 heteroatoms. The zero-order chi connectivity index (χ0) is 19.6. The molecule has 1 saturated heterocycles. The minimum Gasteiger partial charge on any atom is -0.324 e. The van der Waals surface area contributed by atoms with E-state index < -0.39 is 5.92 Å². The van der Waals surface area contributed by atoms with Crippen LogP contribution in [0.3, 0.4) is 0 Å². The largest absolute Gasteiger partial charge is 0.324 e. The van der Waals surface area contributed by atoms with Gasteiger partial charge in [-0.1, -0.05) is 34.1 Å². The van der Waals surface area contributed by atoms with Crippen LogP contribution in [0, 0.1) is 5.92 Å². The molecule has 1 N–H and O–H groups in total. The van der Waals surface area contributed by atoms with Gasteiger partial charge in [0.2, 0.25) is 17.7 Å². The van der Waals surface area contributed by atoms with Gasteiger partial charge in [0, 0.05) is 30.7 Å². The monoisotopic (exact) mass is 429 g/mol. The summed E-state index contributed by atoms with van der Waals surface area (Å²) < 4.78 is 0.877. The quantitative estimate of drug-likeness (QED) is 0.756. The third kappa shape index (κ3) is 4.03. The van der Waals surface area contributed by atoms with Crippen LogP contribution in [-0.4, -0.2) is 31.3 Å². The Hall–Kier alpha value is -2.67. The predicted molar refractivity (Wildman–Crippen MR) is 109 cm³/mol. The van der Waals surface area contributed by atoms with E-state index >= 15 is 0 Å². The van der Waals surface area contributed by atoms with E-state index in [2.05, 4.69) is 21.2 Å². The second-order valence-electron chi connectivity index (χ2n) is 6.40. The van der Waals surface area contributed by atoms with Gasteiger partial charge in [-0.15, -0.1) is 0 Å². The highest BCUT2D eigenvalue weighted by Crippen LogP contribution is 2.30. The van der Waals surface area contributed by atoms with E-state index in [0.717, 1.165) is 10.2 Å². The fraction of sp³-hybridized carbons (Fsp3) is 0.250. The van der Waals surface area contributed by atoms with Gasteiger partial charge in [0.1, 0.15) is 5.92 Å². The van der Waals surface area contributed by atoms with Gasteiger partial charge in [-0.05, 0) is 36.8 Å². The second kappa shape index (κ2) is 7.92. The molecular weight excluding hydrogens is 410 g/mol. The number of benzene rings is 2. The standard InChI is InChI=1S/C20H20BrN3O3/c1-13(25)23(2)18-9-4-3-8-17(18)22-19(26)16-10-11-24(20(16)27)15-7-5-6-14(21)12-15/h3-9,12,16H,10-11H2,1-2H3,(H,22,26). The SMILES string of the molecule is CC(=O)N(C)c1ccccc1NC(=O)C1CCN(c2cccc(Br)c2)C1=O. The molecule has 27 heavy (non-hydrogen) atoms. The van der Waals surface area contributed by atoms with Crippen molar-refractivity contribution < 1.29 is 14.4 Å². The highest BCUT2D eigenvalue weighted by Gasteiger charge is 2.38. The molecule has 0 saturated carbocycles.